The number of rotatable bonds is 3. The van der Waals surface area contributed by atoms with Crippen LogP contribution in [0.3, 0.4) is 0 Å². The average Bonchev–Trinajstić information content (AvgIpc) is 2.25. The first-order valence-electron chi connectivity index (χ1n) is 4.16. The summed E-state index contributed by atoms with van der Waals surface area (Å²) in [6, 6.07) is 8.90. The number of methoxy groups -OCH3 is 1. The van der Waals surface area contributed by atoms with Gasteiger partial charge in [0, 0.05) is 16.2 Å². The molecule has 0 spiro atoms. The molecule has 0 radical (unpaired) electrons. The second-order valence-electron chi connectivity index (χ2n) is 2.73. The van der Waals surface area contributed by atoms with E-state index in [1.54, 1.807) is 18.2 Å². The van der Waals surface area contributed by atoms with Crippen LogP contribution in [0.15, 0.2) is 24.3 Å². The molecule has 0 saturated carbocycles. The first kappa shape index (κ1) is 11.9. The molecule has 0 aliphatic carbocycles. The number of nitriles is 1. The number of benzene rings is 1. The zero-order chi connectivity index (χ0) is 11.3. The lowest BCUT2D eigenvalue weighted by Crippen LogP contribution is -2.34. The number of hydrogen-bond donors (Lipinski definition) is 1. The SMILES string of the molecule is COC(C#N)NC(=O)c1cccc(I)c1. The van der Waals surface area contributed by atoms with Crippen LogP contribution in [-0.2, 0) is 4.74 Å². The van der Waals surface area contributed by atoms with E-state index in [9.17, 15) is 4.79 Å². The number of ether oxygens (including phenoxy) is 1. The van der Waals surface area contributed by atoms with Crippen molar-refractivity contribution in [2.75, 3.05) is 7.11 Å². The summed E-state index contributed by atoms with van der Waals surface area (Å²) in [6.07, 6.45) is -0.907. The monoisotopic (exact) mass is 316 g/mol. The highest BCUT2D eigenvalue weighted by atomic mass is 127. The fourth-order valence-electron chi connectivity index (χ4n) is 0.976. The lowest BCUT2D eigenvalue weighted by molar-refractivity contribution is 0.0764. The highest BCUT2D eigenvalue weighted by Gasteiger charge is 2.11. The van der Waals surface area contributed by atoms with Crippen LogP contribution in [-0.4, -0.2) is 19.2 Å². The Balaban J connectivity index is 2.74. The van der Waals surface area contributed by atoms with Crippen molar-refractivity contribution in [2.24, 2.45) is 0 Å². The fourth-order valence-corrected chi connectivity index (χ4v) is 1.52. The molecule has 78 valence electrons. The fraction of sp³-hybridized carbons (Fsp3) is 0.200. The van der Waals surface area contributed by atoms with Crippen LogP contribution in [0.25, 0.3) is 0 Å². The minimum Gasteiger partial charge on any atom is -0.349 e. The largest absolute Gasteiger partial charge is 0.349 e. The van der Waals surface area contributed by atoms with Gasteiger partial charge in [0.1, 0.15) is 6.07 Å². The molecule has 5 heteroatoms. The molecule has 0 saturated heterocycles. The van der Waals surface area contributed by atoms with Gasteiger partial charge in [0.25, 0.3) is 5.91 Å². The Hall–Kier alpha value is -1.13. The predicted molar refractivity (Wildman–Crippen MR) is 63.0 cm³/mol. The summed E-state index contributed by atoms with van der Waals surface area (Å²) in [6.45, 7) is 0. The van der Waals surface area contributed by atoms with Gasteiger partial charge in [-0.3, -0.25) is 4.79 Å². The molecule has 0 bridgehead atoms. The number of nitrogens with one attached hydrogen (secondary N) is 1. The maximum absolute atomic E-state index is 11.6. The molecule has 1 rings (SSSR count). The number of amides is 1. The number of carbonyl (C=O) groups is 1. The first-order chi connectivity index (χ1) is 7.17. The smallest absolute Gasteiger partial charge is 0.254 e. The zero-order valence-electron chi connectivity index (χ0n) is 8.03. The molecule has 0 aromatic heterocycles. The number of nitrogens with zero attached hydrogens (tertiary/aromatic N) is 1. The van der Waals surface area contributed by atoms with Gasteiger partial charge in [0.15, 0.2) is 0 Å². The molecular weight excluding hydrogens is 307 g/mol. The van der Waals surface area contributed by atoms with Gasteiger partial charge in [-0.1, -0.05) is 6.07 Å². The van der Waals surface area contributed by atoms with Crippen molar-refractivity contribution in [3.05, 3.63) is 33.4 Å². The van der Waals surface area contributed by atoms with Gasteiger partial charge >= 0.3 is 0 Å². The van der Waals surface area contributed by atoms with Crippen molar-refractivity contribution in [3.63, 3.8) is 0 Å². The van der Waals surface area contributed by atoms with E-state index in [4.69, 9.17) is 10.00 Å². The van der Waals surface area contributed by atoms with Crippen LogP contribution in [0.4, 0.5) is 0 Å². The minimum atomic E-state index is -0.907. The summed E-state index contributed by atoms with van der Waals surface area (Å²) in [7, 11) is 1.36. The molecule has 15 heavy (non-hydrogen) atoms. The normalized spacial score (nSPS) is 11.5. The Morgan fingerprint density at radius 3 is 2.93 bits per heavy atom. The molecular formula is C10H9IN2O2. The third kappa shape index (κ3) is 3.49. The molecule has 0 aliphatic heterocycles. The molecule has 1 N–H and O–H groups in total. The second-order valence-corrected chi connectivity index (χ2v) is 3.97. The summed E-state index contributed by atoms with van der Waals surface area (Å²) in [5.74, 6) is -0.318. The van der Waals surface area contributed by atoms with Crippen LogP contribution in [0.5, 0.6) is 0 Å². The van der Waals surface area contributed by atoms with Crippen LogP contribution in [0, 0.1) is 14.9 Å². The van der Waals surface area contributed by atoms with Gasteiger partial charge in [0.2, 0.25) is 6.23 Å². The van der Waals surface area contributed by atoms with E-state index in [-0.39, 0.29) is 5.91 Å². The predicted octanol–water partition coefficient (Wildman–Crippen LogP) is 1.52. The maximum atomic E-state index is 11.6. The van der Waals surface area contributed by atoms with E-state index >= 15 is 0 Å². The first-order valence-corrected chi connectivity index (χ1v) is 5.24. The van der Waals surface area contributed by atoms with Gasteiger partial charge in [-0.05, 0) is 40.8 Å². The topological polar surface area (TPSA) is 62.1 Å². The molecule has 0 aliphatic rings. The average molecular weight is 316 g/mol. The van der Waals surface area contributed by atoms with Crippen molar-refractivity contribution in [1.29, 1.82) is 5.26 Å². The highest BCUT2D eigenvalue weighted by molar-refractivity contribution is 14.1. The Labute approximate surface area is 101 Å². The Morgan fingerprint density at radius 1 is 1.67 bits per heavy atom. The summed E-state index contributed by atoms with van der Waals surface area (Å²) in [4.78, 5) is 11.6. The van der Waals surface area contributed by atoms with Crippen molar-refractivity contribution in [3.8, 4) is 6.07 Å². The second kappa shape index (κ2) is 5.68. The quantitative estimate of drug-likeness (QED) is 0.679. The zero-order valence-corrected chi connectivity index (χ0v) is 10.2. The lowest BCUT2D eigenvalue weighted by atomic mass is 10.2. The van der Waals surface area contributed by atoms with Crippen LogP contribution in [0.2, 0.25) is 0 Å². The molecule has 1 aromatic rings. The maximum Gasteiger partial charge on any atom is 0.254 e. The summed E-state index contributed by atoms with van der Waals surface area (Å²) in [5, 5.41) is 11.0. The van der Waals surface area contributed by atoms with Gasteiger partial charge in [-0.15, -0.1) is 0 Å². The van der Waals surface area contributed by atoms with E-state index in [0.29, 0.717) is 5.56 Å². The van der Waals surface area contributed by atoms with Crippen LogP contribution in [0.1, 0.15) is 10.4 Å². The van der Waals surface area contributed by atoms with Crippen molar-refractivity contribution < 1.29 is 9.53 Å². The number of halogens is 1. The van der Waals surface area contributed by atoms with E-state index < -0.39 is 6.23 Å². The van der Waals surface area contributed by atoms with E-state index in [0.717, 1.165) is 3.57 Å². The third-order valence-corrected chi connectivity index (χ3v) is 2.37. The van der Waals surface area contributed by atoms with Gasteiger partial charge in [0.05, 0.1) is 0 Å². The van der Waals surface area contributed by atoms with Gasteiger partial charge in [-0.25, -0.2) is 0 Å². The van der Waals surface area contributed by atoms with Crippen LogP contribution < -0.4 is 5.32 Å². The molecule has 1 unspecified atom stereocenters. The molecule has 1 atom stereocenters. The van der Waals surface area contributed by atoms with Crippen molar-refractivity contribution in [2.45, 2.75) is 6.23 Å². The number of carbonyl (C=O) groups excluding carboxylic acids is 1. The standard InChI is InChI=1S/C10H9IN2O2/c1-15-9(6-12)13-10(14)7-3-2-4-8(11)5-7/h2-5,9H,1H3,(H,13,14). The lowest BCUT2D eigenvalue weighted by Gasteiger charge is -2.09. The van der Waals surface area contributed by atoms with Crippen LogP contribution >= 0.6 is 22.6 Å². The highest BCUT2D eigenvalue weighted by Crippen LogP contribution is 2.07. The number of hydrogen-bond acceptors (Lipinski definition) is 3. The molecule has 0 heterocycles. The van der Waals surface area contributed by atoms with Crippen molar-refractivity contribution in [1.82, 2.24) is 5.32 Å². The van der Waals surface area contributed by atoms with E-state index in [1.807, 2.05) is 12.1 Å². The Kier molecular flexibility index (Phi) is 4.52. The summed E-state index contributed by atoms with van der Waals surface area (Å²) < 4.78 is 5.69. The summed E-state index contributed by atoms with van der Waals surface area (Å²) >= 11 is 2.11. The van der Waals surface area contributed by atoms with Crippen molar-refractivity contribution >= 4 is 28.5 Å². The molecule has 1 amide bonds. The third-order valence-electron chi connectivity index (χ3n) is 1.70. The van der Waals surface area contributed by atoms with E-state index in [2.05, 4.69) is 27.9 Å². The molecule has 4 nitrogen and oxygen atoms in total. The summed E-state index contributed by atoms with van der Waals surface area (Å²) in [5.41, 5.74) is 0.513. The molecule has 0 fully saturated rings. The van der Waals surface area contributed by atoms with Gasteiger partial charge in [-0.2, -0.15) is 5.26 Å². The Bertz CT molecular complexity index is 401. The molecule has 1 aromatic carbocycles. The Morgan fingerprint density at radius 2 is 2.40 bits per heavy atom. The van der Waals surface area contributed by atoms with E-state index in [1.165, 1.54) is 7.11 Å². The minimum absolute atomic E-state index is 0.318. The van der Waals surface area contributed by atoms with Gasteiger partial charge < -0.3 is 10.1 Å².